The van der Waals surface area contributed by atoms with Crippen molar-refractivity contribution in [1.82, 2.24) is 25.9 Å². The van der Waals surface area contributed by atoms with Gasteiger partial charge in [0.2, 0.25) is 17.7 Å². The number of carboxylic acid groups (broad SMARTS) is 1. The molecule has 168 valence electrons. The maximum absolute atomic E-state index is 12.7. The Balaban J connectivity index is 2.89. The van der Waals surface area contributed by atoms with E-state index in [9.17, 15) is 24.3 Å². The summed E-state index contributed by atoms with van der Waals surface area (Å²) in [6.07, 6.45) is 1.95. The zero-order valence-electron chi connectivity index (χ0n) is 17.2. The van der Waals surface area contributed by atoms with Gasteiger partial charge in [-0.1, -0.05) is 13.8 Å². The molecule has 1 aromatic heterocycles. The molecule has 4 atom stereocenters. The maximum atomic E-state index is 12.7. The quantitative estimate of drug-likeness (QED) is 0.196. The van der Waals surface area contributed by atoms with Gasteiger partial charge >= 0.3 is 5.97 Å². The first-order valence-corrected chi connectivity index (χ1v) is 9.52. The fourth-order valence-corrected chi connectivity index (χ4v) is 2.65. The van der Waals surface area contributed by atoms with E-state index < -0.39 is 54.5 Å². The molecule has 1 rings (SSSR count). The molecule has 12 heteroatoms. The van der Waals surface area contributed by atoms with E-state index in [4.69, 9.17) is 10.8 Å². The number of carbonyl (C=O) groups excluding carboxylic acids is 3. The predicted octanol–water partition coefficient (Wildman–Crippen LogP) is -2.12. The Morgan fingerprint density at radius 2 is 1.80 bits per heavy atom. The molecule has 0 spiro atoms. The molecule has 12 nitrogen and oxygen atoms in total. The first kappa shape index (κ1) is 25.0. The van der Waals surface area contributed by atoms with Crippen LogP contribution in [0.3, 0.4) is 0 Å². The highest BCUT2D eigenvalue weighted by Gasteiger charge is 2.31. The van der Waals surface area contributed by atoms with E-state index in [1.54, 1.807) is 0 Å². The zero-order chi connectivity index (χ0) is 22.8. The second-order valence-corrected chi connectivity index (χ2v) is 7.42. The Kier molecular flexibility index (Phi) is 9.92. The minimum atomic E-state index is -1.35. The Labute approximate surface area is 174 Å². The van der Waals surface area contributed by atoms with E-state index in [2.05, 4.69) is 25.9 Å². The van der Waals surface area contributed by atoms with E-state index in [1.807, 2.05) is 13.8 Å². The van der Waals surface area contributed by atoms with Crippen LogP contribution in [0.1, 0.15) is 32.9 Å². The number of rotatable bonds is 12. The fourth-order valence-electron chi connectivity index (χ4n) is 2.65. The first-order valence-electron chi connectivity index (χ1n) is 9.52. The summed E-state index contributed by atoms with van der Waals surface area (Å²) in [5.74, 6) is -3.26. The molecule has 1 aromatic rings. The summed E-state index contributed by atoms with van der Waals surface area (Å²) in [5.41, 5.74) is 6.33. The molecule has 30 heavy (non-hydrogen) atoms. The van der Waals surface area contributed by atoms with Crippen molar-refractivity contribution in [3.05, 3.63) is 18.2 Å². The summed E-state index contributed by atoms with van der Waals surface area (Å²) >= 11 is 0. The van der Waals surface area contributed by atoms with Crippen LogP contribution in [0.2, 0.25) is 0 Å². The number of amides is 3. The van der Waals surface area contributed by atoms with Gasteiger partial charge in [0, 0.05) is 18.3 Å². The number of carbonyl (C=O) groups is 4. The molecule has 0 aliphatic heterocycles. The lowest BCUT2D eigenvalue weighted by molar-refractivity contribution is -0.138. The molecule has 1 heterocycles. The monoisotopic (exact) mass is 426 g/mol. The maximum Gasteiger partial charge on any atom is 0.322 e. The number of hydrogen-bond donors (Lipinski definition) is 7. The lowest BCUT2D eigenvalue weighted by atomic mass is 10.0. The number of aromatic amines is 1. The van der Waals surface area contributed by atoms with Crippen molar-refractivity contribution in [2.24, 2.45) is 11.7 Å². The van der Waals surface area contributed by atoms with E-state index >= 15 is 0 Å². The highest BCUT2D eigenvalue weighted by molar-refractivity contribution is 5.94. The smallest absolute Gasteiger partial charge is 0.322 e. The van der Waals surface area contributed by atoms with Gasteiger partial charge in [-0.3, -0.25) is 19.2 Å². The Bertz CT molecular complexity index is 721. The van der Waals surface area contributed by atoms with Crippen molar-refractivity contribution in [1.29, 1.82) is 0 Å². The van der Waals surface area contributed by atoms with Crippen LogP contribution in [0.25, 0.3) is 0 Å². The van der Waals surface area contributed by atoms with Crippen LogP contribution in [0.4, 0.5) is 0 Å². The summed E-state index contributed by atoms with van der Waals surface area (Å²) < 4.78 is 0. The molecule has 8 N–H and O–H groups in total. The van der Waals surface area contributed by atoms with E-state index in [1.165, 1.54) is 19.4 Å². The Morgan fingerprint density at radius 3 is 2.30 bits per heavy atom. The average molecular weight is 426 g/mol. The number of aliphatic hydroxyl groups excluding tert-OH is 1. The van der Waals surface area contributed by atoms with Gasteiger partial charge in [0.25, 0.3) is 0 Å². The minimum Gasteiger partial charge on any atom is -0.480 e. The summed E-state index contributed by atoms with van der Waals surface area (Å²) in [5, 5.41) is 25.7. The lowest BCUT2D eigenvalue weighted by Gasteiger charge is -2.25. The number of H-pyrrole nitrogens is 1. The van der Waals surface area contributed by atoms with Crippen LogP contribution in [-0.2, 0) is 25.6 Å². The van der Waals surface area contributed by atoms with Gasteiger partial charge in [-0.2, -0.15) is 0 Å². The highest BCUT2D eigenvalue weighted by Crippen LogP contribution is 2.05. The van der Waals surface area contributed by atoms with Crippen molar-refractivity contribution < 1.29 is 29.4 Å². The van der Waals surface area contributed by atoms with Gasteiger partial charge in [0.05, 0.1) is 18.5 Å². The predicted molar refractivity (Wildman–Crippen MR) is 106 cm³/mol. The van der Waals surface area contributed by atoms with Crippen molar-refractivity contribution in [3.63, 3.8) is 0 Å². The van der Waals surface area contributed by atoms with E-state index in [-0.39, 0.29) is 12.3 Å². The Morgan fingerprint density at radius 1 is 1.13 bits per heavy atom. The normalized spacial score (nSPS) is 15.0. The van der Waals surface area contributed by atoms with Crippen LogP contribution < -0.4 is 21.7 Å². The van der Waals surface area contributed by atoms with Crippen molar-refractivity contribution >= 4 is 23.7 Å². The zero-order valence-corrected chi connectivity index (χ0v) is 17.2. The third-order valence-corrected chi connectivity index (χ3v) is 4.15. The second-order valence-electron chi connectivity index (χ2n) is 7.42. The SMILES string of the molecule is CC(C)CC(N)C(=O)NC(C(=O)NC(Cc1cnc[nH]1)C(=O)NCC(=O)O)C(C)O. The van der Waals surface area contributed by atoms with Crippen LogP contribution >= 0.6 is 0 Å². The van der Waals surface area contributed by atoms with Crippen molar-refractivity contribution in [2.75, 3.05) is 6.54 Å². The lowest BCUT2D eigenvalue weighted by Crippen LogP contribution is -2.59. The van der Waals surface area contributed by atoms with Gasteiger partial charge in [0.1, 0.15) is 18.6 Å². The van der Waals surface area contributed by atoms with Crippen molar-refractivity contribution in [2.45, 2.75) is 57.8 Å². The molecule has 0 saturated carbocycles. The number of carboxylic acids is 1. The largest absolute Gasteiger partial charge is 0.480 e. The van der Waals surface area contributed by atoms with Crippen LogP contribution in [-0.4, -0.2) is 74.6 Å². The van der Waals surface area contributed by atoms with E-state index in [0.29, 0.717) is 12.1 Å². The summed E-state index contributed by atoms with van der Waals surface area (Å²) in [7, 11) is 0. The number of nitrogens with zero attached hydrogens (tertiary/aromatic N) is 1. The van der Waals surface area contributed by atoms with Crippen LogP contribution in [0.5, 0.6) is 0 Å². The molecule has 0 saturated heterocycles. The number of hydrogen-bond acceptors (Lipinski definition) is 7. The number of nitrogens with two attached hydrogens (primary N) is 1. The van der Waals surface area contributed by atoms with Crippen LogP contribution in [0, 0.1) is 5.92 Å². The Hall–Kier alpha value is -2.99. The van der Waals surface area contributed by atoms with Gasteiger partial charge < -0.3 is 36.9 Å². The molecular formula is C18H30N6O6. The topological polar surface area (TPSA) is 200 Å². The summed E-state index contributed by atoms with van der Waals surface area (Å²) in [6, 6.07) is -3.38. The fraction of sp³-hybridized carbons (Fsp3) is 0.611. The molecule has 0 radical (unpaired) electrons. The average Bonchev–Trinajstić information content (AvgIpc) is 3.15. The van der Waals surface area contributed by atoms with Gasteiger partial charge in [-0.15, -0.1) is 0 Å². The molecule has 4 unspecified atom stereocenters. The van der Waals surface area contributed by atoms with E-state index in [0.717, 1.165) is 0 Å². The summed E-state index contributed by atoms with van der Waals surface area (Å²) in [4.78, 5) is 54.7. The van der Waals surface area contributed by atoms with Crippen molar-refractivity contribution in [3.8, 4) is 0 Å². The summed E-state index contributed by atoms with van der Waals surface area (Å²) in [6.45, 7) is 4.46. The van der Waals surface area contributed by atoms with Gasteiger partial charge in [-0.05, 0) is 19.3 Å². The molecule has 0 aromatic carbocycles. The number of imidazole rings is 1. The number of aliphatic hydroxyl groups is 1. The molecule has 3 amide bonds. The molecular weight excluding hydrogens is 396 g/mol. The van der Waals surface area contributed by atoms with Gasteiger partial charge in [-0.25, -0.2) is 4.98 Å². The third-order valence-electron chi connectivity index (χ3n) is 4.15. The third kappa shape index (κ3) is 8.57. The number of nitrogens with one attached hydrogen (secondary N) is 4. The number of aromatic nitrogens is 2. The molecule has 0 fully saturated rings. The van der Waals surface area contributed by atoms with Crippen LogP contribution in [0.15, 0.2) is 12.5 Å². The molecule has 0 aliphatic carbocycles. The minimum absolute atomic E-state index is 0.00939. The standard InChI is InChI=1S/C18H30N6O6/c1-9(2)4-12(19)16(28)24-15(10(3)25)18(30)23-13(5-11-6-20-8-22-11)17(29)21-7-14(26)27/h6,8-10,12-13,15,25H,4-5,7,19H2,1-3H3,(H,20,22)(H,21,29)(H,23,30)(H,24,28)(H,26,27). The van der Waals surface area contributed by atoms with Gasteiger partial charge in [0.15, 0.2) is 0 Å². The number of aliphatic carboxylic acids is 1. The molecule has 0 bridgehead atoms. The second kappa shape index (κ2) is 11.9. The molecule has 0 aliphatic rings. The first-order chi connectivity index (χ1) is 14.0. The highest BCUT2D eigenvalue weighted by atomic mass is 16.4.